The lowest BCUT2D eigenvalue weighted by molar-refractivity contribution is -0.137. The van der Waals surface area contributed by atoms with Crippen molar-refractivity contribution in [1.82, 2.24) is 20.1 Å². The van der Waals surface area contributed by atoms with E-state index in [1.807, 2.05) is 0 Å². The van der Waals surface area contributed by atoms with Crippen molar-refractivity contribution in [2.24, 2.45) is 0 Å². The van der Waals surface area contributed by atoms with E-state index in [0.29, 0.717) is 6.42 Å². The van der Waals surface area contributed by atoms with Gasteiger partial charge in [-0.1, -0.05) is 6.92 Å². The Kier molecular flexibility index (Phi) is 5.39. The zero-order valence-electron chi connectivity index (χ0n) is 12.7. The summed E-state index contributed by atoms with van der Waals surface area (Å²) in [4.78, 5) is 15.4. The fraction of sp³-hybridized carbons (Fsp3) is 0.357. The van der Waals surface area contributed by atoms with E-state index < -0.39 is 23.8 Å². The second kappa shape index (κ2) is 7.30. The third-order valence-electron chi connectivity index (χ3n) is 3.27. The molecule has 1 unspecified atom stereocenters. The van der Waals surface area contributed by atoms with Crippen LogP contribution in [0.15, 0.2) is 30.9 Å². The molecule has 130 valence electrons. The van der Waals surface area contributed by atoms with Gasteiger partial charge in [0.1, 0.15) is 12.7 Å². The van der Waals surface area contributed by atoms with Crippen LogP contribution in [0.3, 0.4) is 0 Å². The highest BCUT2D eigenvalue weighted by atomic mass is 19.4. The van der Waals surface area contributed by atoms with Crippen molar-refractivity contribution in [3.63, 3.8) is 0 Å². The molecule has 0 bridgehead atoms. The molecule has 24 heavy (non-hydrogen) atoms. The van der Waals surface area contributed by atoms with E-state index >= 15 is 0 Å². The number of hydrogen-bond donors (Lipinski definition) is 3. The Hall–Kier alpha value is -2.62. The van der Waals surface area contributed by atoms with E-state index in [1.54, 1.807) is 6.92 Å². The van der Waals surface area contributed by atoms with Crippen LogP contribution in [0.5, 0.6) is 0 Å². The molecule has 2 amide bonds. The highest BCUT2D eigenvalue weighted by Gasteiger charge is 2.34. The number of aliphatic hydroxyl groups is 1. The van der Waals surface area contributed by atoms with Crippen LogP contribution in [0.4, 0.5) is 23.7 Å². The summed E-state index contributed by atoms with van der Waals surface area (Å²) in [6, 6.07) is 2.16. The Balaban J connectivity index is 2.25. The topological polar surface area (TPSA) is 92.1 Å². The minimum absolute atomic E-state index is 0.0310. The van der Waals surface area contributed by atoms with E-state index in [4.69, 9.17) is 5.11 Å². The molecule has 0 aliphatic heterocycles. The lowest BCUT2D eigenvalue weighted by Gasteiger charge is -2.17. The SMILES string of the molecule is CCC(CO)NC(=O)Nc1ccc(-n2cncn2)c(C(F)(F)F)c1. The number of anilines is 1. The van der Waals surface area contributed by atoms with Crippen molar-refractivity contribution in [2.75, 3.05) is 11.9 Å². The van der Waals surface area contributed by atoms with E-state index in [1.165, 1.54) is 12.1 Å². The molecule has 0 aliphatic carbocycles. The second-order valence-electron chi connectivity index (χ2n) is 4.96. The summed E-state index contributed by atoms with van der Waals surface area (Å²) < 4.78 is 40.8. The van der Waals surface area contributed by atoms with Gasteiger partial charge in [0.2, 0.25) is 0 Å². The van der Waals surface area contributed by atoms with Crippen LogP contribution >= 0.6 is 0 Å². The van der Waals surface area contributed by atoms with Gasteiger partial charge in [-0.05, 0) is 24.6 Å². The number of aliphatic hydroxyl groups excluding tert-OH is 1. The van der Waals surface area contributed by atoms with Gasteiger partial charge in [-0.15, -0.1) is 0 Å². The van der Waals surface area contributed by atoms with Crippen LogP contribution in [0.25, 0.3) is 5.69 Å². The van der Waals surface area contributed by atoms with Gasteiger partial charge in [0.25, 0.3) is 0 Å². The average Bonchev–Trinajstić information content (AvgIpc) is 3.06. The standard InChI is InChI=1S/C14H16F3N5O2/c1-2-9(6-23)20-13(24)21-10-3-4-12(22-8-18-7-19-22)11(5-10)14(15,16)17/h3-5,7-9,23H,2,6H2,1H3,(H2,20,21,24). The smallest absolute Gasteiger partial charge is 0.394 e. The lowest BCUT2D eigenvalue weighted by Crippen LogP contribution is -2.39. The number of alkyl halides is 3. The number of rotatable bonds is 5. The van der Waals surface area contributed by atoms with Gasteiger partial charge in [-0.3, -0.25) is 0 Å². The molecular formula is C14H16F3N5O2. The normalized spacial score (nSPS) is 12.7. The third kappa shape index (κ3) is 4.22. The van der Waals surface area contributed by atoms with Crippen LogP contribution in [0.1, 0.15) is 18.9 Å². The fourth-order valence-corrected chi connectivity index (χ4v) is 2.00. The predicted octanol–water partition coefficient (Wildman–Crippen LogP) is 2.18. The zero-order valence-corrected chi connectivity index (χ0v) is 12.7. The quantitative estimate of drug-likeness (QED) is 0.776. The maximum Gasteiger partial charge on any atom is 0.418 e. The van der Waals surface area contributed by atoms with E-state index in [-0.39, 0.29) is 18.0 Å². The number of carbonyl (C=O) groups excluding carboxylic acids is 1. The molecule has 1 aromatic carbocycles. The van der Waals surface area contributed by atoms with Crippen LogP contribution in [0.2, 0.25) is 0 Å². The Morgan fingerprint density at radius 2 is 2.17 bits per heavy atom. The minimum Gasteiger partial charge on any atom is -0.394 e. The predicted molar refractivity (Wildman–Crippen MR) is 79.7 cm³/mol. The van der Waals surface area contributed by atoms with E-state index in [9.17, 15) is 18.0 Å². The fourth-order valence-electron chi connectivity index (χ4n) is 2.00. The van der Waals surface area contributed by atoms with Crippen molar-refractivity contribution in [3.8, 4) is 5.69 Å². The summed E-state index contributed by atoms with van der Waals surface area (Å²) in [7, 11) is 0. The molecule has 2 rings (SSSR count). The van der Waals surface area contributed by atoms with Crippen LogP contribution in [-0.2, 0) is 6.18 Å². The lowest BCUT2D eigenvalue weighted by atomic mass is 10.1. The number of benzene rings is 1. The van der Waals surface area contributed by atoms with Gasteiger partial charge in [-0.25, -0.2) is 14.5 Å². The molecule has 0 fully saturated rings. The maximum absolute atomic E-state index is 13.3. The van der Waals surface area contributed by atoms with Gasteiger partial charge in [0.15, 0.2) is 0 Å². The van der Waals surface area contributed by atoms with Crippen molar-refractivity contribution < 1.29 is 23.1 Å². The van der Waals surface area contributed by atoms with Crippen molar-refractivity contribution in [1.29, 1.82) is 0 Å². The number of halogens is 3. The number of urea groups is 1. The molecule has 1 aromatic heterocycles. The number of aromatic nitrogens is 3. The Bertz CT molecular complexity index is 684. The Morgan fingerprint density at radius 3 is 2.71 bits per heavy atom. The summed E-state index contributed by atoms with van der Waals surface area (Å²) in [5, 5.41) is 17.5. The molecular weight excluding hydrogens is 327 g/mol. The van der Waals surface area contributed by atoms with Crippen molar-refractivity contribution in [2.45, 2.75) is 25.6 Å². The first-order valence-electron chi connectivity index (χ1n) is 7.09. The Morgan fingerprint density at radius 1 is 1.42 bits per heavy atom. The first-order valence-corrected chi connectivity index (χ1v) is 7.09. The highest BCUT2D eigenvalue weighted by molar-refractivity contribution is 5.89. The minimum atomic E-state index is -4.63. The average molecular weight is 343 g/mol. The number of nitrogens with zero attached hydrogens (tertiary/aromatic N) is 3. The van der Waals surface area contributed by atoms with Crippen LogP contribution in [0, 0.1) is 0 Å². The maximum atomic E-state index is 13.3. The highest BCUT2D eigenvalue weighted by Crippen LogP contribution is 2.35. The molecule has 0 aliphatic rings. The van der Waals surface area contributed by atoms with E-state index in [2.05, 4.69) is 20.7 Å². The van der Waals surface area contributed by atoms with Gasteiger partial charge < -0.3 is 15.7 Å². The number of carbonyl (C=O) groups is 1. The largest absolute Gasteiger partial charge is 0.418 e. The summed E-state index contributed by atoms with van der Waals surface area (Å²) in [6.07, 6.45) is -1.87. The monoisotopic (exact) mass is 343 g/mol. The second-order valence-corrected chi connectivity index (χ2v) is 4.96. The molecule has 0 saturated carbocycles. The number of nitrogens with one attached hydrogen (secondary N) is 2. The van der Waals surface area contributed by atoms with Gasteiger partial charge in [0, 0.05) is 5.69 Å². The van der Waals surface area contributed by atoms with Gasteiger partial charge >= 0.3 is 12.2 Å². The molecule has 1 atom stereocenters. The first kappa shape index (κ1) is 17.7. The molecule has 0 saturated heterocycles. The summed E-state index contributed by atoms with van der Waals surface area (Å²) >= 11 is 0. The third-order valence-corrected chi connectivity index (χ3v) is 3.27. The Labute approximate surface area is 135 Å². The molecule has 3 N–H and O–H groups in total. The first-order chi connectivity index (χ1) is 11.3. The molecule has 2 aromatic rings. The van der Waals surface area contributed by atoms with Gasteiger partial charge in [0.05, 0.1) is 23.9 Å². The molecule has 0 spiro atoms. The number of amides is 2. The van der Waals surface area contributed by atoms with Crippen molar-refractivity contribution in [3.05, 3.63) is 36.4 Å². The molecule has 1 heterocycles. The zero-order chi connectivity index (χ0) is 17.7. The summed E-state index contributed by atoms with van der Waals surface area (Å²) in [6.45, 7) is 1.50. The van der Waals surface area contributed by atoms with Crippen LogP contribution in [-0.4, -0.2) is 38.6 Å². The van der Waals surface area contributed by atoms with E-state index in [0.717, 1.165) is 23.4 Å². The molecule has 10 heteroatoms. The van der Waals surface area contributed by atoms with Crippen LogP contribution < -0.4 is 10.6 Å². The van der Waals surface area contributed by atoms with Crippen molar-refractivity contribution >= 4 is 11.7 Å². The molecule has 0 radical (unpaired) electrons. The molecule has 7 nitrogen and oxygen atoms in total. The van der Waals surface area contributed by atoms with Gasteiger partial charge in [-0.2, -0.15) is 18.3 Å². The summed E-state index contributed by atoms with van der Waals surface area (Å²) in [5.74, 6) is 0. The number of hydrogen-bond acceptors (Lipinski definition) is 4. The summed E-state index contributed by atoms with van der Waals surface area (Å²) in [5.41, 5.74) is -1.19.